The van der Waals surface area contributed by atoms with Gasteiger partial charge in [-0.2, -0.15) is 0 Å². The van der Waals surface area contributed by atoms with Crippen LogP contribution in [0.4, 0.5) is 0 Å². The molecule has 1 N–H and O–H groups in total. The molecule has 0 spiro atoms. The molecular formula is C18H22BrN. The Morgan fingerprint density at radius 2 is 1.75 bits per heavy atom. The van der Waals surface area contributed by atoms with Crippen LogP contribution in [0.3, 0.4) is 0 Å². The van der Waals surface area contributed by atoms with E-state index in [0.29, 0.717) is 0 Å². The van der Waals surface area contributed by atoms with Gasteiger partial charge in [0.05, 0.1) is 6.04 Å². The SMILES string of the molecule is CCc1ccc(CC)c(C(NC)c2ccccc2Br)c1. The van der Waals surface area contributed by atoms with Crippen molar-refractivity contribution in [3.63, 3.8) is 0 Å². The summed E-state index contributed by atoms with van der Waals surface area (Å²) in [6.07, 6.45) is 2.13. The van der Waals surface area contributed by atoms with E-state index in [1.807, 2.05) is 7.05 Å². The maximum Gasteiger partial charge on any atom is 0.0588 e. The van der Waals surface area contributed by atoms with E-state index in [0.717, 1.165) is 17.3 Å². The number of hydrogen-bond donors (Lipinski definition) is 1. The zero-order valence-corrected chi connectivity index (χ0v) is 14.0. The minimum atomic E-state index is 0.229. The van der Waals surface area contributed by atoms with Crippen molar-refractivity contribution in [3.8, 4) is 0 Å². The number of rotatable bonds is 5. The van der Waals surface area contributed by atoms with E-state index >= 15 is 0 Å². The lowest BCUT2D eigenvalue weighted by atomic mass is 9.91. The Bertz CT molecular complexity index is 577. The van der Waals surface area contributed by atoms with Gasteiger partial charge in [-0.05, 0) is 48.2 Å². The molecule has 0 fully saturated rings. The van der Waals surface area contributed by atoms with Crippen LogP contribution in [-0.4, -0.2) is 7.05 Å². The molecule has 106 valence electrons. The highest BCUT2D eigenvalue weighted by Gasteiger charge is 2.17. The van der Waals surface area contributed by atoms with Crippen molar-refractivity contribution in [2.75, 3.05) is 7.05 Å². The minimum Gasteiger partial charge on any atom is -0.309 e. The third-order valence-corrected chi connectivity index (χ3v) is 4.54. The Morgan fingerprint density at radius 3 is 2.35 bits per heavy atom. The molecule has 0 bridgehead atoms. The van der Waals surface area contributed by atoms with Gasteiger partial charge in [-0.1, -0.05) is 66.2 Å². The molecule has 20 heavy (non-hydrogen) atoms. The van der Waals surface area contributed by atoms with E-state index in [1.165, 1.54) is 22.3 Å². The normalized spacial score (nSPS) is 12.4. The molecule has 0 aliphatic carbocycles. The molecule has 0 aromatic heterocycles. The minimum absolute atomic E-state index is 0.229. The third kappa shape index (κ3) is 3.13. The van der Waals surface area contributed by atoms with Crippen LogP contribution in [0.1, 0.15) is 42.1 Å². The fourth-order valence-corrected chi connectivity index (χ4v) is 3.16. The highest BCUT2D eigenvalue weighted by molar-refractivity contribution is 9.10. The summed E-state index contributed by atoms with van der Waals surface area (Å²) in [7, 11) is 2.03. The second kappa shape index (κ2) is 7.05. The van der Waals surface area contributed by atoms with Crippen LogP contribution in [0.2, 0.25) is 0 Å². The predicted octanol–water partition coefficient (Wildman–Crippen LogP) is 4.88. The first-order valence-electron chi connectivity index (χ1n) is 7.24. The zero-order chi connectivity index (χ0) is 14.5. The molecule has 2 heteroatoms. The summed E-state index contributed by atoms with van der Waals surface area (Å²) in [5.41, 5.74) is 5.49. The van der Waals surface area contributed by atoms with Crippen LogP contribution in [0.15, 0.2) is 46.9 Å². The molecule has 2 aromatic carbocycles. The number of nitrogens with one attached hydrogen (secondary N) is 1. The Kier molecular flexibility index (Phi) is 5.38. The van der Waals surface area contributed by atoms with E-state index < -0.39 is 0 Å². The van der Waals surface area contributed by atoms with Gasteiger partial charge in [0.15, 0.2) is 0 Å². The largest absolute Gasteiger partial charge is 0.309 e. The molecule has 0 aliphatic heterocycles. The molecule has 0 saturated carbocycles. The average Bonchev–Trinajstić information content (AvgIpc) is 2.49. The summed E-state index contributed by atoms with van der Waals surface area (Å²) in [6, 6.07) is 15.5. The first-order valence-corrected chi connectivity index (χ1v) is 8.03. The molecule has 1 unspecified atom stereocenters. The standard InChI is InChI=1S/C18H22BrN/c1-4-13-10-11-14(5-2)16(12-13)18(20-3)15-8-6-7-9-17(15)19/h6-12,18,20H,4-5H2,1-3H3. The Balaban J connectivity index is 2.54. The van der Waals surface area contributed by atoms with E-state index in [9.17, 15) is 0 Å². The second-order valence-corrected chi connectivity index (χ2v) is 5.84. The Hall–Kier alpha value is -1.12. The van der Waals surface area contributed by atoms with Crippen molar-refractivity contribution in [2.24, 2.45) is 0 Å². The molecule has 1 atom stereocenters. The van der Waals surface area contributed by atoms with Crippen molar-refractivity contribution in [1.82, 2.24) is 5.32 Å². The molecule has 0 amide bonds. The van der Waals surface area contributed by atoms with E-state index in [2.05, 4.69) is 77.6 Å². The van der Waals surface area contributed by atoms with Gasteiger partial charge < -0.3 is 5.32 Å². The molecule has 0 radical (unpaired) electrons. The zero-order valence-electron chi connectivity index (χ0n) is 12.4. The van der Waals surface area contributed by atoms with Gasteiger partial charge in [0, 0.05) is 4.47 Å². The van der Waals surface area contributed by atoms with Crippen molar-refractivity contribution in [3.05, 3.63) is 69.2 Å². The number of aryl methyl sites for hydroxylation is 2. The summed E-state index contributed by atoms with van der Waals surface area (Å²) in [5.74, 6) is 0. The maximum absolute atomic E-state index is 3.68. The van der Waals surface area contributed by atoms with Crippen LogP contribution < -0.4 is 5.32 Å². The highest BCUT2D eigenvalue weighted by atomic mass is 79.9. The van der Waals surface area contributed by atoms with Gasteiger partial charge in [0.1, 0.15) is 0 Å². The molecule has 2 rings (SSSR count). The van der Waals surface area contributed by atoms with Gasteiger partial charge in [-0.3, -0.25) is 0 Å². The van der Waals surface area contributed by atoms with Crippen LogP contribution in [0.5, 0.6) is 0 Å². The first-order chi connectivity index (χ1) is 9.71. The smallest absolute Gasteiger partial charge is 0.0588 e. The van der Waals surface area contributed by atoms with Crippen molar-refractivity contribution >= 4 is 15.9 Å². The molecular weight excluding hydrogens is 310 g/mol. The number of benzene rings is 2. The Morgan fingerprint density at radius 1 is 1.00 bits per heavy atom. The van der Waals surface area contributed by atoms with Gasteiger partial charge in [-0.25, -0.2) is 0 Å². The lowest BCUT2D eigenvalue weighted by Gasteiger charge is -2.22. The highest BCUT2D eigenvalue weighted by Crippen LogP contribution is 2.31. The molecule has 0 saturated heterocycles. The molecule has 0 aliphatic rings. The summed E-state index contributed by atoms with van der Waals surface area (Å²) in [4.78, 5) is 0. The number of halogens is 1. The van der Waals surface area contributed by atoms with Gasteiger partial charge >= 0.3 is 0 Å². The topological polar surface area (TPSA) is 12.0 Å². The molecule has 0 heterocycles. The molecule has 2 aromatic rings. The van der Waals surface area contributed by atoms with Crippen LogP contribution in [0, 0.1) is 0 Å². The van der Waals surface area contributed by atoms with E-state index in [1.54, 1.807) is 0 Å². The Labute approximate surface area is 130 Å². The average molecular weight is 332 g/mol. The van der Waals surface area contributed by atoms with Crippen LogP contribution >= 0.6 is 15.9 Å². The van der Waals surface area contributed by atoms with Gasteiger partial charge in [0.2, 0.25) is 0 Å². The maximum atomic E-state index is 3.68. The second-order valence-electron chi connectivity index (χ2n) is 4.98. The van der Waals surface area contributed by atoms with Crippen molar-refractivity contribution < 1.29 is 0 Å². The van der Waals surface area contributed by atoms with Crippen molar-refractivity contribution in [2.45, 2.75) is 32.7 Å². The van der Waals surface area contributed by atoms with E-state index in [4.69, 9.17) is 0 Å². The summed E-state index contributed by atoms with van der Waals surface area (Å²) in [5, 5.41) is 3.47. The fraction of sp³-hybridized carbons (Fsp3) is 0.333. The summed E-state index contributed by atoms with van der Waals surface area (Å²) in [6.45, 7) is 4.43. The summed E-state index contributed by atoms with van der Waals surface area (Å²) >= 11 is 3.68. The summed E-state index contributed by atoms with van der Waals surface area (Å²) < 4.78 is 1.16. The predicted molar refractivity (Wildman–Crippen MR) is 90.2 cm³/mol. The van der Waals surface area contributed by atoms with Gasteiger partial charge in [0.25, 0.3) is 0 Å². The van der Waals surface area contributed by atoms with E-state index in [-0.39, 0.29) is 6.04 Å². The van der Waals surface area contributed by atoms with Crippen LogP contribution in [-0.2, 0) is 12.8 Å². The monoisotopic (exact) mass is 331 g/mol. The molecule has 1 nitrogen and oxygen atoms in total. The van der Waals surface area contributed by atoms with Gasteiger partial charge in [-0.15, -0.1) is 0 Å². The quantitative estimate of drug-likeness (QED) is 0.823. The number of hydrogen-bond acceptors (Lipinski definition) is 1. The fourth-order valence-electron chi connectivity index (χ4n) is 2.64. The lowest BCUT2D eigenvalue weighted by molar-refractivity contribution is 0.680. The lowest BCUT2D eigenvalue weighted by Crippen LogP contribution is -2.20. The van der Waals surface area contributed by atoms with Crippen molar-refractivity contribution in [1.29, 1.82) is 0 Å². The van der Waals surface area contributed by atoms with Crippen LogP contribution in [0.25, 0.3) is 0 Å². The third-order valence-electron chi connectivity index (χ3n) is 3.82. The first kappa shape index (κ1) is 15.3.